The SMILES string of the molecule is CC[Si](Br)CC=Cc1cccc2ccccc12. The van der Waals surface area contributed by atoms with Crippen LogP contribution in [0.15, 0.2) is 48.5 Å². The zero-order valence-electron chi connectivity index (χ0n) is 9.99. The zero-order valence-corrected chi connectivity index (χ0v) is 12.6. The molecule has 0 N–H and O–H groups in total. The van der Waals surface area contributed by atoms with Gasteiger partial charge in [-0.05, 0) is 22.4 Å². The Bertz CT molecular complexity index is 514. The normalized spacial score (nSPS) is 11.7. The first-order valence-electron chi connectivity index (χ1n) is 5.95. The molecule has 0 saturated heterocycles. The van der Waals surface area contributed by atoms with E-state index in [0.717, 1.165) is 0 Å². The lowest BCUT2D eigenvalue weighted by atomic mass is 10.0. The van der Waals surface area contributed by atoms with Crippen molar-refractivity contribution in [2.45, 2.75) is 19.0 Å². The van der Waals surface area contributed by atoms with Crippen LogP contribution in [0.25, 0.3) is 16.8 Å². The molecule has 0 amide bonds. The highest BCUT2D eigenvalue weighted by Gasteiger charge is 2.00. The highest BCUT2D eigenvalue weighted by Crippen LogP contribution is 2.20. The monoisotopic (exact) mass is 303 g/mol. The van der Waals surface area contributed by atoms with Crippen LogP contribution in [0.2, 0.25) is 12.1 Å². The molecule has 2 aromatic carbocycles. The molecule has 0 nitrogen and oxygen atoms in total. The van der Waals surface area contributed by atoms with Crippen LogP contribution in [0.4, 0.5) is 0 Å². The van der Waals surface area contributed by atoms with Crippen LogP contribution in [-0.4, -0.2) is 7.42 Å². The molecule has 0 fully saturated rings. The molecule has 0 saturated carbocycles. The molecule has 0 aliphatic carbocycles. The average Bonchev–Trinajstić information content (AvgIpc) is 2.39. The minimum absolute atomic E-state index is 0.326. The molecule has 2 heteroatoms. The number of fused-ring (bicyclic) bond motifs is 1. The van der Waals surface area contributed by atoms with Crippen molar-refractivity contribution in [3.63, 3.8) is 0 Å². The maximum absolute atomic E-state index is 3.75. The summed E-state index contributed by atoms with van der Waals surface area (Å²) in [5.74, 6) is 0. The lowest BCUT2D eigenvalue weighted by molar-refractivity contribution is 1.42. The van der Waals surface area contributed by atoms with Gasteiger partial charge in [0.1, 0.15) is 7.42 Å². The maximum Gasteiger partial charge on any atom is 0.138 e. The van der Waals surface area contributed by atoms with Crippen molar-refractivity contribution in [3.05, 3.63) is 54.1 Å². The number of hydrogen-bond acceptors (Lipinski definition) is 0. The Labute approximate surface area is 113 Å². The Morgan fingerprint density at radius 3 is 2.71 bits per heavy atom. The van der Waals surface area contributed by atoms with Gasteiger partial charge in [0.25, 0.3) is 0 Å². The summed E-state index contributed by atoms with van der Waals surface area (Å²) in [6.45, 7) is 2.24. The molecule has 87 valence electrons. The third-order valence-corrected chi connectivity index (χ3v) is 6.94. The van der Waals surface area contributed by atoms with Crippen molar-refractivity contribution in [2.24, 2.45) is 0 Å². The Balaban J connectivity index is 2.24. The molecule has 2 aromatic rings. The first-order valence-corrected chi connectivity index (χ1v) is 10.1. The molecular formula is C15H16BrSi. The van der Waals surface area contributed by atoms with Crippen LogP contribution < -0.4 is 0 Å². The number of benzene rings is 2. The van der Waals surface area contributed by atoms with Gasteiger partial charge in [-0.15, -0.1) is 15.3 Å². The molecule has 0 unspecified atom stereocenters. The Morgan fingerprint density at radius 2 is 1.88 bits per heavy atom. The second-order valence-corrected chi connectivity index (χ2v) is 9.56. The van der Waals surface area contributed by atoms with E-state index < -0.39 is 0 Å². The molecule has 0 aromatic heterocycles. The van der Waals surface area contributed by atoms with E-state index in [1.807, 2.05) is 0 Å². The maximum atomic E-state index is 3.75. The van der Waals surface area contributed by atoms with E-state index in [9.17, 15) is 0 Å². The van der Waals surface area contributed by atoms with Crippen molar-refractivity contribution in [1.29, 1.82) is 0 Å². The van der Waals surface area contributed by atoms with E-state index >= 15 is 0 Å². The summed E-state index contributed by atoms with van der Waals surface area (Å²) >= 11 is 3.75. The van der Waals surface area contributed by atoms with Gasteiger partial charge in [-0.1, -0.05) is 67.6 Å². The van der Waals surface area contributed by atoms with Gasteiger partial charge in [0.15, 0.2) is 0 Å². The van der Waals surface area contributed by atoms with Gasteiger partial charge in [-0.25, -0.2) is 0 Å². The Hall–Kier alpha value is -0.863. The van der Waals surface area contributed by atoms with Gasteiger partial charge in [0.05, 0.1) is 0 Å². The number of allylic oxidation sites excluding steroid dienone is 1. The topological polar surface area (TPSA) is 0 Å². The smallest absolute Gasteiger partial charge is 0.128 e. The summed E-state index contributed by atoms with van der Waals surface area (Å²) in [7, 11) is -0.326. The summed E-state index contributed by atoms with van der Waals surface area (Å²) in [6, 6.07) is 17.5. The van der Waals surface area contributed by atoms with Crippen LogP contribution in [0, 0.1) is 0 Å². The van der Waals surface area contributed by atoms with Crippen molar-refractivity contribution in [2.75, 3.05) is 0 Å². The fourth-order valence-corrected chi connectivity index (χ4v) is 3.08. The van der Waals surface area contributed by atoms with E-state index in [-0.39, 0.29) is 7.42 Å². The van der Waals surface area contributed by atoms with Crippen LogP contribution >= 0.6 is 15.3 Å². The average molecular weight is 304 g/mol. The summed E-state index contributed by atoms with van der Waals surface area (Å²) in [5, 5.41) is 2.65. The molecule has 0 bridgehead atoms. The van der Waals surface area contributed by atoms with Crippen LogP contribution in [0.5, 0.6) is 0 Å². The van der Waals surface area contributed by atoms with E-state index in [1.54, 1.807) is 0 Å². The van der Waals surface area contributed by atoms with Crippen LogP contribution in [0.3, 0.4) is 0 Å². The predicted octanol–water partition coefficient (Wildman–Crippen LogP) is 5.26. The third-order valence-electron chi connectivity index (χ3n) is 2.84. The number of halogens is 1. The second kappa shape index (κ2) is 6.17. The molecule has 0 spiro atoms. The third kappa shape index (κ3) is 3.30. The summed E-state index contributed by atoms with van der Waals surface area (Å²) in [4.78, 5) is 0. The van der Waals surface area contributed by atoms with Gasteiger partial charge in [0.2, 0.25) is 0 Å². The van der Waals surface area contributed by atoms with Crippen molar-refractivity contribution in [1.82, 2.24) is 0 Å². The minimum Gasteiger partial charge on any atom is -0.128 e. The lowest BCUT2D eigenvalue weighted by Crippen LogP contribution is -1.95. The summed E-state index contributed by atoms with van der Waals surface area (Å²) < 4.78 is 0. The molecule has 0 atom stereocenters. The van der Waals surface area contributed by atoms with Gasteiger partial charge >= 0.3 is 0 Å². The van der Waals surface area contributed by atoms with Gasteiger partial charge < -0.3 is 0 Å². The Morgan fingerprint density at radius 1 is 1.12 bits per heavy atom. The number of rotatable bonds is 4. The molecule has 0 heterocycles. The van der Waals surface area contributed by atoms with Crippen LogP contribution in [-0.2, 0) is 0 Å². The van der Waals surface area contributed by atoms with Gasteiger partial charge in [-0.3, -0.25) is 0 Å². The van der Waals surface area contributed by atoms with Crippen molar-refractivity contribution in [3.8, 4) is 0 Å². The van der Waals surface area contributed by atoms with Gasteiger partial charge in [-0.2, -0.15) is 0 Å². The van der Waals surface area contributed by atoms with E-state index in [4.69, 9.17) is 0 Å². The summed E-state index contributed by atoms with van der Waals surface area (Å²) in [5.41, 5.74) is 1.32. The van der Waals surface area contributed by atoms with Crippen molar-refractivity contribution >= 4 is 39.6 Å². The standard InChI is InChI=1S/C15H16BrSi/c1-2-17(16)12-6-10-14-9-5-8-13-7-3-4-11-15(13)14/h3-11H,2,12H2,1H3. The van der Waals surface area contributed by atoms with E-state index in [0.29, 0.717) is 0 Å². The molecule has 0 aliphatic heterocycles. The lowest BCUT2D eigenvalue weighted by Gasteiger charge is -2.02. The highest BCUT2D eigenvalue weighted by atomic mass is 79.9. The van der Waals surface area contributed by atoms with E-state index in [1.165, 1.54) is 28.4 Å². The van der Waals surface area contributed by atoms with Crippen molar-refractivity contribution < 1.29 is 0 Å². The fourth-order valence-electron chi connectivity index (χ4n) is 1.85. The van der Waals surface area contributed by atoms with Crippen LogP contribution in [0.1, 0.15) is 12.5 Å². The molecule has 1 radical (unpaired) electrons. The Kier molecular flexibility index (Phi) is 4.57. The second-order valence-electron chi connectivity index (χ2n) is 4.05. The first kappa shape index (κ1) is 12.6. The minimum atomic E-state index is -0.326. The molecule has 17 heavy (non-hydrogen) atoms. The molecule has 2 rings (SSSR count). The predicted molar refractivity (Wildman–Crippen MR) is 83.0 cm³/mol. The highest BCUT2D eigenvalue weighted by molar-refractivity contribution is 9.24. The molecule has 0 aliphatic rings. The van der Waals surface area contributed by atoms with Gasteiger partial charge in [0, 0.05) is 0 Å². The quantitative estimate of drug-likeness (QED) is 0.534. The molecular weight excluding hydrogens is 288 g/mol. The summed E-state index contributed by atoms with van der Waals surface area (Å²) in [6.07, 6.45) is 4.55. The fraction of sp³-hybridized carbons (Fsp3) is 0.200. The zero-order chi connectivity index (χ0) is 12.1. The first-order chi connectivity index (χ1) is 8.31. The largest absolute Gasteiger partial charge is 0.138 e. The number of hydrogen-bond donors (Lipinski definition) is 0. The van der Waals surface area contributed by atoms with E-state index in [2.05, 4.69) is 76.8 Å².